The molecule has 0 spiro atoms. The third kappa shape index (κ3) is 2.23. The topological polar surface area (TPSA) is 53.5 Å². The lowest BCUT2D eigenvalue weighted by Crippen LogP contribution is -2.13. The summed E-state index contributed by atoms with van der Waals surface area (Å²) in [6.45, 7) is 0. The van der Waals surface area contributed by atoms with E-state index in [4.69, 9.17) is 0 Å². The maximum absolute atomic E-state index is 13.2. The van der Waals surface area contributed by atoms with Gasteiger partial charge in [0.2, 0.25) is 0 Å². The largest absolute Gasteiger partial charge is 0.418 e. The molecule has 4 rings (SSSR count). The lowest BCUT2D eigenvalue weighted by Gasteiger charge is -2.11. The molecule has 0 aliphatic carbocycles. The molecule has 0 atom stereocenters. The van der Waals surface area contributed by atoms with Gasteiger partial charge in [-0.2, -0.15) is 13.2 Å². The summed E-state index contributed by atoms with van der Waals surface area (Å²) < 4.78 is 39.7. The molecule has 1 amide bonds. The molecule has 2 heterocycles. The Hall–Kier alpha value is -3.09. The summed E-state index contributed by atoms with van der Waals surface area (Å²) in [5.74, 6) is -0.580. The predicted octanol–water partition coefficient (Wildman–Crippen LogP) is 3.91. The van der Waals surface area contributed by atoms with E-state index < -0.39 is 17.6 Å². The van der Waals surface area contributed by atoms with Crippen LogP contribution in [-0.2, 0) is 11.0 Å². The van der Waals surface area contributed by atoms with Crippen molar-refractivity contribution in [2.45, 2.75) is 6.18 Å². The van der Waals surface area contributed by atoms with Crippen LogP contribution in [0.4, 0.5) is 24.5 Å². The highest BCUT2D eigenvalue weighted by Gasteiger charge is 2.40. The van der Waals surface area contributed by atoms with Crippen molar-refractivity contribution in [3.63, 3.8) is 0 Å². The fourth-order valence-corrected chi connectivity index (χ4v) is 3.22. The first kappa shape index (κ1) is 15.4. The van der Waals surface area contributed by atoms with Crippen LogP contribution in [-0.4, -0.2) is 18.7 Å². The van der Waals surface area contributed by atoms with Gasteiger partial charge in [-0.1, -0.05) is 30.3 Å². The standard InChI is InChI=1S/C18H12F3N3O/c1-22-15-9-5-2-3-8-12(9)23-16(15)13-10-6-4-7-11(18(19,20)21)14(10)24-17(13)25/h2-8,23H,1H3,(H,24,25)/b16-13-,22-15+. The number of hydrogen-bond acceptors (Lipinski definition) is 3. The molecule has 0 unspecified atom stereocenters. The van der Waals surface area contributed by atoms with Gasteiger partial charge >= 0.3 is 6.18 Å². The number of amides is 1. The Morgan fingerprint density at radius 2 is 1.68 bits per heavy atom. The van der Waals surface area contributed by atoms with E-state index in [1.54, 1.807) is 7.05 Å². The van der Waals surface area contributed by atoms with Gasteiger partial charge in [0.05, 0.1) is 28.2 Å². The number of fused-ring (bicyclic) bond motifs is 2. The highest BCUT2D eigenvalue weighted by atomic mass is 19.4. The van der Waals surface area contributed by atoms with Gasteiger partial charge in [0.25, 0.3) is 5.91 Å². The second kappa shape index (κ2) is 5.20. The minimum Gasteiger partial charge on any atom is -0.353 e. The Bertz CT molecular complexity index is 974. The quantitative estimate of drug-likeness (QED) is 0.713. The van der Waals surface area contributed by atoms with Crippen molar-refractivity contribution in [2.75, 3.05) is 17.7 Å². The first-order chi connectivity index (χ1) is 11.9. The molecule has 2 aromatic carbocycles. The number of carbonyl (C=O) groups excluding carboxylic acids is 1. The van der Waals surface area contributed by atoms with Gasteiger partial charge in [0, 0.05) is 23.9 Å². The van der Waals surface area contributed by atoms with Gasteiger partial charge in [-0.05, 0) is 12.1 Å². The zero-order valence-electron chi connectivity index (χ0n) is 13.0. The maximum atomic E-state index is 13.2. The number of nitrogens with zero attached hydrogens (tertiary/aromatic N) is 1. The fourth-order valence-electron chi connectivity index (χ4n) is 3.22. The Balaban J connectivity index is 1.96. The highest BCUT2D eigenvalue weighted by Crippen LogP contribution is 2.44. The molecule has 25 heavy (non-hydrogen) atoms. The van der Waals surface area contributed by atoms with Gasteiger partial charge in [-0.25, -0.2) is 0 Å². The molecule has 0 saturated carbocycles. The molecular formula is C18H12F3N3O. The first-order valence-corrected chi connectivity index (χ1v) is 7.51. The second-order valence-electron chi connectivity index (χ2n) is 5.67. The van der Waals surface area contributed by atoms with Crippen LogP contribution in [0.2, 0.25) is 0 Å². The van der Waals surface area contributed by atoms with E-state index in [9.17, 15) is 18.0 Å². The Kier molecular flexibility index (Phi) is 3.21. The summed E-state index contributed by atoms with van der Waals surface area (Å²) in [4.78, 5) is 16.7. The molecule has 0 aromatic heterocycles. The summed E-state index contributed by atoms with van der Waals surface area (Å²) in [7, 11) is 1.58. The number of nitrogens with one attached hydrogen (secondary N) is 2. The third-order valence-corrected chi connectivity index (χ3v) is 4.26. The van der Waals surface area contributed by atoms with Crippen molar-refractivity contribution in [1.29, 1.82) is 0 Å². The van der Waals surface area contributed by atoms with E-state index in [-0.39, 0.29) is 16.8 Å². The zero-order chi connectivity index (χ0) is 17.8. The van der Waals surface area contributed by atoms with Crippen LogP contribution in [0, 0.1) is 0 Å². The number of halogens is 3. The van der Waals surface area contributed by atoms with E-state index in [1.165, 1.54) is 12.1 Å². The summed E-state index contributed by atoms with van der Waals surface area (Å²) >= 11 is 0. The molecule has 126 valence electrons. The van der Waals surface area contributed by atoms with Crippen LogP contribution >= 0.6 is 0 Å². The first-order valence-electron chi connectivity index (χ1n) is 7.51. The van der Waals surface area contributed by atoms with Gasteiger partial charge in [-0.15, -0.1) is 0 Å². The minimum atomic E-state index is -4.55. The molecule has 2 aromatic rings. The number of carbonyl (C=O) groups is 1. The van der Waals surface area contributed by atoms with Crippen LogP contribution in [0.1, 0.15) is 16.7 Å². The summed E-state index contributed by atoms with van der Waals surface area (Å²) in [6, 6.07) is 11.1. The van der Waals surface area contributed by atoms with Gasteiger partial charge in [-0.3, -0.25) is 9.79 Å². The molecule has 2 aliphatic heterocycles. The lowest BCUT2D eigenvalue weighted by molar-refractivity contribution is -0.136. The second-order valence-corrected chi connectivity index (χ2v) is 5.67. The Morgan fingerprint density at radius 3 is 2.40 bits per heavy atom. The molecule has 0 saturated heterocycles. The lowest BCUT2D eigenvalue weighted by atomic mass is 9.99. The van der Waals surface area contributed by atoms with Crippen molar-refractivity contribution in [2.24, 2.45) is 4.99 Å². The van der Waals surface area contributed by atoms with E-state index in [0.29, 0.717) is 11.4 Å². The Labute approximate surface area is 141 Å². The molecule has 7 heteroatoms. The molecule has 0 radical (unpaired) electrons. The van der Waals surface area contributed by atoms with Crippen molar-refractivity contribution >= 4 is 28.6 Å². The molecule has 0 bridgehead atoms. The van der Waals surface area contributed by atoms with Crippen LogP contribution in [0.5, 0.6) is 0 Å². The minimum absolute atomic E-state index is 0.165. The highest BCUT2D eigenvalue weighted by molar-refractivity contribution is 6.39. The monoisotopic (exact) mass is 343 g/mol. The van der Waals surface area contributed by atoms with Crippen LogP contribution < -0.4 is 10.6 Å². The molecule has 0 fully saturated rings. The summed E-state index contributed by atoms with van der Waals surface area (Å²) in [5.41, 5.74) is 1.84. The van der Waals surface area contributed by atoms with Crippen molar-refractivity contribution in [3.05, 3.63) is 64.9 Å². The third-order valence-electron chi connectivity index (χ3n) is 4.26. The van der Waals surface area contributed by atoms with Gasteiger partial charge < -0.3 is 10.6 Å². The number of anilines is 2. The number of aliphatic imine (C=N–C) groups is 1. The van der Waals surface area contributed by atoms with E-state index in [2.05, 4.69) is 15.6 Å². The average Bonchev–Trinajstić information content (AvgIpc) is 3.09. The molecular weight excluding hydrogens is 331 g/mol. The smallest absolute Gasteiger partial charge is 0.353 e. The summed E-state index contributed by atoms with van der Waals surface area (Å²) in [6.07, 6.45) is -4.55. The average molecular weight is 343 g/mol. The van der Waals surface area contributed by atoms with Gasteiger partial charge in [0.15, 0.2) is 0 Å². The number of rotatable bonds is 0. The van der Waals surface area contributed by atoms with E-state index in [0.717, 1.165) is 17.3 Å². The van der Waals surface area contributed by atoms with Crippen molar-refractivity contribution in [3.8, 4) is 0 Å². The SMILES string of the molecule is C/N=C1/C(=C2/C(=O)Nc3c2cccc3C(F)(F)F)Nc2ccccc21. The number of para-hydroxylation sites is 2. The van der Waals surface area contributed by atoms with E-state index >= 15 is 0 Å². The van der Waals surface area contributed by atoms with Crippen LogP contribution in [0.3, 0.4) is 0 Å². The number of hydrogen-bond donors (Lipinski definition) is 2. The van der Waals surface area contributed by atoms with Crippen molar-refractivity contribution < 1.29 is 18.0 Å². The predicted molar refractivity (Wildman–Crippen MR) is 89.5 cm³/mol. The van der Waals surface area contributed by atoms with Crippen LogP contribution in [0.25, 0.3) is 5.57 Å². The number of benzene rings is 2. The Morgan fingerprint density at radius 1 is 0.960 bits per heavy atom. The van der Waals surface area contributed by atoms with Crippen LogP contribution in [0.15, 0.2) is 53.2 Å². The van der Waals surface area contributed by atoms with Crippen molar-refractivity contribution in [1.82, 2.24) is 0 Å². The molecule has 4 nitrogen and oxygen atoms in total. The zero-order valence-corrected chi connectivity index (χ0v) is 13.0. The van der Waals surface area contributed by atoms with E-state index in [1.807, 2.05) is 24.3 Å². The number of alkyl halides is 3. The number of allylic oxidation sites excluding steroid dienone is 1. The van der Waals surface area contributed by atoms with Gasteiger partial charge in [0.1, 0.15) is 0 Å². The fraction of sp³-hybridized carbons (Fsp3) is 0.111. The molecule has 2 aliphatic rings. The summed E-state index contributed by atoms with van der Waals surface area (Å²) in [5, 5.41) is 5.47. The normalized spacial score (nSPS) is 20.3. The molecule has 2 N–H and O–H groups in total. The maximum Gasteiger partial charge on any atom is 0.418 e.